The molecule has 0 saturated carbocycles. The summed E-state index contributed by atoms with van der Waals surface area (Å²) in [6.07, 6.45) is -7.40. The van der Waals surface area contributed by atoms with Crippen molar-refractivity contribution in [2.75, 3.05) is 24.7 Å². The van der Waals surface area contributed by atoms with Crippen molar-refractivity contribution in [3.8, 4) is 0 Å². The van der Waals surface area contributed by atoms with Crippen molar-refractivity contribution in [1.82, 2.24) is 34.1 Å². The van der Waals surface area contributed by atoms with Gasteiger partial charge in [0.2, 0.25) is 0 Å². The average molecular weight is 675 g/mol. The van der Waals surface area contributed by atoms with Crippen LogP contribution >= 0.6 is 26.9 Å². The van der Waals surface area contributed by atoms with Crippen molar-refractivity contribution in [2.24, 2.45) is 0 Å². The second-order valence-corrected chi connectivity index (χ2v) is 14.3. The largest absolute Gasteiger partial charge is 0.472 e. The standard InChI is InChI=1S/C21H24FN9O10P2S/c22-11-15-10(39-20(11)30-6-28-12-8(23)1-2-25-18(12)30)4-37-43(35,44)41-16-14(32)9(3-36-42(33,34)40-15)38-21(16)31-7-29-13-17(24)26-5-27-19(13)31/h1-2,5-7,9-11,14-16,20-21,32H,3-4H2,(H2,23,25)(H,33,34)(H,35,44)(H2,24,26,27)/t9-,10-,11+,14?,15?,16+,20-,21-,43+/m1/s1. The van der Waals surface area contributed by atoms with Crippen molar-refractivity contribution >= 4 is 60.7 Å². The van der Waals surface area contributed by atoms with E-state index < -0.39 is 77.0 Å². The maximum Gasteiger partial charge on any atom is 0.472 e. The molecule has 7 heterocycles. The number of thiol groups is 1. The summed E-state index contributed by atoms with van der Waals surface area (Å²) < 4.78 is 78.1. The van der Waals surface area contributed by atoms with Gasteiger partial charge < -0.3 is 30.9 Å². The smallest absolute Gasteiger partial charge is 0.397 e. The number of aliphatic hydroxyl groups is 1. The predicted molar refractivity (Wildman–Crippen MR) is 148 cm³/mol. The van der Waals surface area contributed by atoms with Crippen molar-refractivity contribution in [3.05, 3.63) is 31.2 Å². The Balaban J connectivity index is 1.20. The van der Waals surface area contributed by atoms with Crippen LogP contribution < -0.4 is 11.5 Å². The van der Waals surface area contributed by atoms with Gasteiger partial charge in [-0.25, -0.2) is 38.4 Å². The molecule has 7 rings (SSSR count). The number of ether oxygens (including phenoxy) is 2. The Bertz CT molecular complexity index is 1830. The Hall–Kier alpha value is -2.81. The number of phosphoric ester groups is 1. The molecular weight excluding hydrogens is 651 g/mol. The fourth-order valence-corrected chi connectivity index (χ4v) is 7.69. The highest BCUT2D eigenvalue weighted by atomic mass is 32.7. The number of aliphatic hydroxyl groups excluding tert-OH is 1. The Kier molecular flexibility index (Phi) is 7.41. The summed E-state index contributed by atoms with van der Waals surface area (Å²) in [5, 5.41) is 11.1. The van der Waals surface area contributed by atoms with Crippen LogP contribution in [0.4, 0.5) is 15.9 Å². The number of pyridine rings is 1. The zero-order valence-corrected chi connectivity index (χ0v) is 24.8. The van der Waals surface area contributed by atoms with E-state index in [-0.39, 0.29) is 33.8 Å². The maximum absolute atomic E-state index is 15.9. The number of hydrogen-bond donors (Lipinski definition) is 5. The van der Waals surface area contributed by atoms with Crippen LogP contribution in [-0.4, -0.2) is 94.0 Å². The molecule has 10 atom stereocenters. The minimum absolute atomic E-state index is 0.0619. The predicted octanol–water partition coefficient (Wildman–Crippen LogP) is 0.885. The number of aromatic nitrogens is 7. The first-order chi connectivity index (χ1) is 20.9. The number of fused-ring (bicyclic) bond motifs is 5. The number of phosphoric acid groups is 1. The molecule has 19 nitrogen and oxygen atoms in total. The second-order valence-electron chi connectivity index (χ2n) is 10.0. The van der Waals surface area contributed by atoms with E-state index in [1.54, 1.807) is 0 Å². The highest BCUT2D eigenvalue weighted by molar-refractivity contribution is 8.44. The van der Waals surface area contributed by atoms with Crippen LogP contribution in [0.25, 0.3) is 22.3 Å². The van der Waals surface area contributed by atoms with E-state index in [0.29, 0.717) is 0 Å². The third-order valence-electron chi connectivity index (χ3n) is 7.32. The molecule has 2 bridgehead atoms. The fourth-order valence-electron chi connectivity index (χ4n) is 5.27. The van der Waals surface area contributed by atoms with Gasteiger partial charge in [-0.15, -0.1) is 0 Å². The van der Waals surface area contributed by atoms with Crippen molar-refractivity contribution in [2.45, 2.75) is 49.1 Å². The number of nitrogens with zero attached hydrogens (tertiary/aromatic N) is 7. The molecular formula is C21H24FN9O10P2S. The van der Waals surface area contributed by atoms with E-state index in [1.807, 2.05) is 0 Å². The highest BCUT2D eigenvalue weighted by Crippen LogP contribution is 2.58. The van der Waals surface area contributed by atoms with Gasteiger partial charge in [0.1, 0.15) is 47.9 Å². The molecule has 4 aromatic rings. The topological polar surface area (TPSA) is 256 Å². The van der Waals surface area contributed by atoms with Crippen LogP contribution in [0, 0.1) is 0 Å². The van der Waals surface area contributed by atoms with Gasteiger partial charge in [-0.2, -0.15) is 0 Å². The fraction of sp³-hybridized carbons (Fsp3) is 0.476. The van der Waals surface area contributed by atoms with Gasteiger partial charge in [-0.1, -0.05) is 12.2 Å². The Morgan fingerprint density at radius 1 is 0.909 bits per heavy atom. The number of halogens is 1. The summed E-state index contributed by atoms with van der Waals surface area (Å²) in [5.41, 5.74) is 12.9. The zero-order valence-electron chi connectivity index (χ0n) is 22.1. The van der Waals surface area contributed by atoms with Gasteiger partial charge in [-0.3, -0.25) is 27.2 Å². The van der Waals surface area contributed by atoms with Gasteiger partial charge in [0.15, 0.2) is 35.7 Å². The van der Waals surface area contributed by atoms with E-state index in [9.17, 15) is 19.1 Å². The van der Waals surface area contributed by atoms with Crippen molar-refractivity contribution in [3.63, 3.8) is 0 Å². The van der Waals surface area contributed by atoms with E-state index in [4.69, 9.17) is 39.0 Å². The van der Waals surface area contributed by atoms with Crippen molar-refractivity contribution < 1.29 is 51.1 Å². The minimum Gasteiger partial charge on any atom is -0.397 e. The molecule has 3 saturated heterocycles. The molecule has 0 aromatic carbocycles. The third-order valence-corrected chi connectivity index (χ3v) is 9.92. The van der Waals surface area contributed by atoms with Crippen LogP contribution in [0.15, 0.2) is 31.2 Å². The molecule has 0 radical (unpaired) electrons. The number of nitrogens with two attached hydrogens (primary N) is 2. The zero-order chi connectivity index (χ0) is 31.0. The molecule has 236 valence electrons. The lowest BCUT2D eigenvalue weighted by molar-refractivity contribution is -0.0619. The molecule has 3 aliphatic heterocycles. The summed E-state index contributed by atoms with van der Waals surface area (Å²) >= 11 is 4.04. The normalized spacial score (nSPS) is 38.3. The minimum atomic E-state index is -5.05. The number of alkyl halides is 1. The van der Waals surface area contributed by atoms with Crippen LogP contribution in [-0.2, 0) is 36.7 Å². The lowest BCUT2D eigenvalue weighted by Gasteiger charge is -2.26. The first-order valence-corrected chi connectivity index (χ1v) is 17.1. The number of nitrogen functional groups attached to an aromatic ring is 2. The molecule has 3 fully saturated rings. The SMILES string of the molecule is Nc1ccnc2c1ncn2[C@@H]1O[C@@H]2CO[P@](=O)(S)O[C@H]3C(O)[C@@H](COP(=O)(O)OC2[C@@H]1F)O[C@H]3n1cnc2c(N)ncnc21. The molecule has 0 spiro atoms. The quantitative estimate of drug-likeness (QED) is 0.146. The summed E-state index contributed by atoms with van der Waals surface area (Å²) in [5.74, 6) is 0.0619. The Morgan fingerprint density at radius 3 is 2.39 bits per heavy atom. The van der Waals surface area contributed by atoms with Gasteiger partial charge >= 0.3 is 14.6 Å². The first-order valence-electron chi connectivity index (χ1n) is 12.9. The summed E-state index contributed by atoms with van der Waals surface area (Å²) in [6.45, 7) is -5.82. The molecule has 4 aromatic heterocycles. The lowest BCUT2D eigenvalue weighted by Crippen LogP contribution is -2.35. The number of rotatable bonds is 2. The second kappa shape index (κ2) is 10.9. The van der Waals surface area contributed by atoms with Crippen molar-refractivity contribution in [1.29, 1.82) is 0 Å². The first kappa shape index (κ1) is 29.9. The van der Waals surface area contributed by atoms with E-state index in [0.717, 1.165) is 0 Å². The molecule has 0 aliphatic carbocycles. The highest BCUT2D eigenvalue weighted by Gasteiger charge is 2.54. The number of anilines is 2. The van der Waals surface area contributed by atoms with Crippen LogP contribution in [0.1, 0.15) is 12.5 Å². The maximum atomic E-state index is 15.9. The van der Waals surface area contributed by atoms with E-state index in [2.05, 4.69) is 37.2 Å². The van der Waals surface area contributed by atoms with Crippen LogP contribution in [0.5, 0.6) is 0 Å². The summed E-state index contributed by atoms with van der Waals surface area (Å²) in [4.78, 5) is 31.0. The molecule has 3 aliphatic rings. The monoisotopic (exact) mass is 675 g/mol. The molecule has 23 heteroatoms. The van der Waals surface area contributed by atoms with Gasteiger partial charge in [-0.05, 0) is 6.07 Å². The number of imidazole rings is 2. The van der Waals surface area contributed by atoms with Gasteiger partial charge in [0, 0.05) is 6.20 Å². The summed E-state index contributed by atoms with van der Waals surface area (Å²) in [7, 11) is -5.05. The molecule has 0 amide bonds. The third kappa shape index (κ3) is 5.17. The lowest BCUT2D eigenvalue weighted by atomic mass is 10.1. The van der Waals surface area contributed by atoms with E-state index >= 15 is 4.39 Å². The molecule has 44 heavy (non-hydrogen) atoms. The summed E-state index contributed by atoms with van der Waals surface area (Å²) in [6, 6.07) is 1.51. The molecule has 3 unspecified atom stereocenters. The van der Waals surface area contributed by atoms with E-state index in [1.165, 1.54) is 40.4 Å². The Labute approximate surface area is 250 Å². The number of hydrogen-bond acceptors (Lipinski definition) is 16. The molecule has 6 N–H and O–H groups in total. The average Bonchev–Trinajstić information content (AvgIpc) is 3.73. The van der Waals surface area contributed by atoms with Gasteiger partial charge in [0.25, 0.3) is 0 Å². The van der Waals surface area contributed by atoms with Gasteiger partial charge in [0.05, 0.1) is 31.6 Å². The van der Waals surface area contributed by atoms with Crippen LogP contribution in [0.2, 0.25) is 0 Å². The van der Waals surface area contributed by atoms with Crippen LogP contribution in [0.3, 0.4) is 0 Å². The Morgan fingerprint density at radius 2 is 1.59 bits per heavy atom.